The average molecular weight is 390 g/mol. The topological polar surface area (TPSA) is 111 Å². The Hall–Kier alpha value is -3.33. The molecule has 2 N–H and O–H groups in total. The second-order valence-corrected chi connectivity index (χ2v) is 5.76. The van der Waals surface area contributed by atoms with Crippen LogP contribution in [0.4, 0.5) is 17.5 Å². The Kier molecular flexibility index (Phi) is 5.41. The maximum atomic E-state index is 12.3. The molecule has 0 bridgehead atoms. The summed E-state index contributed by atoms with van der Waals surface area (Å²) in [5.41, 5.74) is 0.677. The molecular weight excluding hydrogens is 374 g/mol. The van der Waals surface area contributed by atoms with E-state index in [0.717, 1.165) is 0 Å². The molecular formula is C17H16ClN5O4. The van der Waals surface area contributed by atoms with E-state index in [4.69, 9.17) is 25.6 Å². The van der Waals surface area contributed by atoms with Gasteiger partial charge in [-0.3, -0.25) is 4.79 Å². The number of rotatable bonds is 6. The van der Waals surface area contributed by atoms with Gasteiger partial charge in [-0.25, -0.2) is 9.97 Å². The molecule has 0 saturated carbocycles. The molecule has 10 heteroatoms. The summed E-state index contributed by atoms with van der Waals surface area (Å²) in [4.78, 5) is 20.6. The predicted molar refractivity (Wildman–Crippen MR) is 99.1 cm³/mol. The number of methoxy groups -OCH3 is 2. The number of aryl methyl sites for hydroxylation is 1. The standard InChI is InChI=1S/C17H16ClN5O4/c1-9-6-15(23-27-9)22-16(24)11-4-5-19-17(20-11)21-12-8-13(25-2)10(18)7-14(12)26-3/h4-8H,1-3H3,(H,19,20,21)(H,22,23,24). The van der Waals surface area contributed by atoms with E-state index < -0.39 is 5.91 Å². The fraction of sp³-hybridized carbons (Fsp3) is 0.176. The molecule has 3 aromatic rings. The first-order valence-corrected chi connectivity index (χ1v) is 8.14. The van der Waals surface area contributed by atoms with Crippen molar-refractivity contribution in [2.24, 2.45) is 0 Å². The zero-order valence-electron chi connectivity index (χ0n) is 14.7. The first-order valence-electron chi connectivity index (χ1n) is 7.76. The largest absolute Gasteiger partial charge is 0.495 e. The van der Waals surface area contributed by atoms with E-state index in [1.54, 1.807) is 25.1 Å². The highest BCUT2D eigenvalue weighted by Gasteiger charge is 2.14. The van der Waals surface area contributed by atoms with Crippen LogP contribution in [0.2, 0.25) is 5.02 Å². The van der Waals surface area contributed by atoms with E-state index in [2.05, 4.69) is 25.8 Å². The Balaban J connectivity index is 1.82. The van der Waals surface area contributed by atoms with Gasteiger partial charge in [0, 0.05) is 24.4 Å². The van der Waals surface area contributed by atoms with Crippen LogP contribution in [0.25, 0.3) is 0 Å². The van der Waals surface area contributed by atoms with Crippen molar-refractivity contribution < 1.29 is 18.8 Å². The molecule has 0 saturated heterocycles. The summed E-state index contributed by atoms with van der Waals surface area (Å²) in [7, 11) is 3.01. The van der Waals surface area contributed by atoms with Crippen molar-refractivity contribution in [1.29, 1.82) is 0 Å². The van der Waals surface area contributed by atoms with E-state index in [1.807, 2.05) is 0 Å². The van der Waals surface area contributed by atoms with Gasteiger partial charge in [-0.15, -0.1) is 0 Å². The summed E-state index contributed by atoms with van der Waals surface area (Å²) < 4.78 is 15.4. The molecule has 1 amide bonds. The Morgan fingerprint density at radius 1 is 1.19 bits per heavy atom. The van der Waals surface area contributed by atoms with Gasteiger partial charge in [0.1, 0.15) is 23.0 Å². The van der Waals surface area contributed by atoms with Crippen LogP contribution in [0, 0.1) is 6.92 Å². The number of amides is 1. The Labute approximate surface area is 159 Å². The van der Waals surface area contributed by atoms with Crippen LogP contribution in [-0.2, 0) is 0 Å². The monoisotopic (exact) mass is 389 g/mol. The zero-order valence-corrected chi connectivity index (χ0v) is 15.5. The van der Waals surface area contributed by atoms with Gasteiger partial charge in [0.25, 0.3) is 5.91 Å². The number of carbonyl (C=O) groups excluding carboxylic acids is 1. The molecule has 2 aromatic heterocycles. The zero-order chi connectivity index (χ0) is 19.4. The number of aromatic nitrogens is 3. The number of hydrogen-bond donors (Lipinski definition) is 2. The molecule has 2 heterocycles. The van der Waals surface area contributed by atoms with Crippen LogP contribution < -0.4 is 20.1 Å². The van der Waals surface area contributed by atoms with Crippen molar-refractivity contribution in [2.45, 2.75) is 6.92 Å². The van der Waals surface area contributed by atoms with E-state index in [-0.39, 0.29) is 11.6 Å². The maximum Gasteiger partial charge on any atom is 0.275 e. The molecule has 3 rings (SSSR count). The number of carbonyl (C=O) groups is 1. The number of anilines is 3. The minimum absolute atomic E-state index is 0.146. The lowest BCUT2D eigenvalue weighted by molar-refractivity contribution is 0.102. The Morgan fingerprint density at radius 3 is 2.63 bits per heavy atom. The van der Waals surface area contributed by atoms with Gasteiger partial charge in [-0.05, 0) is 13.0 Å². The van der Waals surface area contributed by atoms with Crippen LogP contribution >= 0.6 is 11.6 Å². The van der Waals surface area contributed by atoms with Gasteiger partial charge in [0.2, 0.25) is 5.95 Å². The van der Waals surface area contributed by atoms with E-state index in [9.17, 15) is 4.79 Å². The smallest absolute Gasteiger partial charge is 0.275 e. The summed E-state index contributed by atoms with van der Waals surface area (Å²) in [6.07, 6.45) is 1.46. The minimum Gasteiger partial charge on any atom is -0.495 e. The molecule has 9 nitrogen and oxygen atoms in total. The van der Waals surface area contributed by atoms with Gasteiger partial charge in [0.15, 0.2) is 5.82 Å². The highest BCUT2D eigenvalue weighted by Crippen LogP contribution is 2.36. The van der Waals surface area contributed by atoms with Gasteiger partial charge < -0.3 is 24.6 Å². The number of benzene rings is 1. The third-order valence-corrected chi connectivity index (χ3v) is 3.77. The van der Waals surface area contributed by atoms with Crippen molar-refractivity contribution >= 4 is 35.0 Å². The minimum atomic E-state index is -0.450. The van der Waals surface area contributed by atoms with Crippen LogP contribution in [0.15, 0.2) is 35.0 Å². The van der Waals surface area contributed by atoms with Gasteiger partial charge in [-0.1, -0.05) is 16.8 Å². The van der Waals surface area contributed by atoms with Crippen LogP contribution in [0.1, 0.15) is 16.2 Å². The molecule has 0 aliphatic carbocycles. The molecule has 0 spiro atoms. The molecule has 27 heavy (non-hydrogen) atoms. The molecule has 0 aliphatic heterocycles. The Bertz CT molecular complexity index is 976. The molecule has 0 radical (unpaired) electrons. The van der Waals surface area contributed by atoms with Crippen molar-refractivity contribution in [3.8, 4) is 11.5 Å². The number of halogens is 1. The third-order valence-electron chi connectivity index (χ3n) is 3.48. The van der Waals surface area contributed by atoms with E-state index in [1.165, 1.54) is 26.5 Å². The van der Waals surface area contributed by atoms with Crippen LogP contribution in [0.3, 0.4) is 0 Å². The SMILES string of the molecule is COc1cc(Nc2nccc(C(=O)Nc3cc(C)on3)n2)c(OC)cc1Cl. The van der Waals surface area contributed by atoms with Crippen molar-refractivity contribution in [3.63, 3.8) is 0 Å². The molecule has 0 aliphatic rings. The molecule has 140 valence electrons. The fourth-order valence-corrected chi connectivity index (χ4v) is 2.46. The lowest BCUT2D eigenvalue weighted by atomic mass is 10.2. The second kappa shape index (κ2) is 7.92. The Morgan fingerprint density at radius 2 is 1.96 bits per heavy atom. The lowest BCUT2D eigenvalue weighted by Gasteiger charge is -2.13. The molecule has 0 unspecified atom stereocenters. The van der Waals surface area contributed by atoms with Crippen molar-refractivity contribution in [3.05, 3.63) is 46.9 Å². The average Bonchev–Trinajstić information content (AvgIpc) is 3.07. The highest BCUT2D eigenvalue weighted by molar-refractivity contribution is 6.32. The van der Waals surface area contributed by atoms with Gasteiger partial charge >= 0.3 is 0 Å². The quantitative estimate of drug-likeness (QED) is 0.659. The van der Waals surface area contributed by atoms with E-state index >= 15 is 0 Å². The van der Waals surface area contributed by atoms with Gasteiger partial charge in [0.05, 0.1) is 24.9 Å². The number of nitrogens with one attached hydrogen (secondary N) is 2. The molecule has 0 fully saturated rings. The predicted octanol–water partition coefficient (Wildman–Crippen LogP) is 3.44. The molecule has 1 aromatic carbocycles. The number of nitrogens with zero attached hydrogens (tertiary/aromatic N) is 3. The number of hydrogen-bond acceptors (Lipinski definition) is 8. The number of ether oxygens (including phenoxy) is 2. The van der Waals surface area contributed by atoms with Crippen LogP contribution in [-0.4, -0.2) is 35.3 Å². The second-order valence-electron chi connectivity index (χ2n) is 5.35. The van der Waals surface area contributed by atoms with Crippen molar-refractivity contribution in [1.82, 2.24) is 15.1 Å². The molecule has 0 atom stereocenters. The first kappa shape index (κ1) is 18.5. The lowest BCUT2D eigenvalue weighted by Crippen LogP contribution is -2.15. The third kappa shape index (κ3) is 4.26. The summed E-state index contributed by atoms with van der Waals surface area (Å²) in [5, 5.41) is 9.70. The van der Waals surface area contributed by atoms with Crippen molar-refractivity contribution in [2.75, 3.05) is 24.9 Å². The van der Waals surface area contributed by atoms with Crippen LogP contribution in [0.5, 0.6) is 11.5 Å². The summed E-state index contributed by atoms with van der Waals surface area (Å²) in [6, 6.07) is 6.33. The summed E-state index contributed by atoms with van der Waals surface area (Å²) >= 11 is 6.10. The maximum absolute atomic E-state index is 12.3. The summed E-state index contributed by atoms with van der Waals surface area (Å²) in [6.45, 7) is 1.73. The van der Waals surface area contributed by atoms with E-state index in [0.29, 0.717) is 33.8 Å². The first-order chi connectivity index (χ1) is 13.0. The fourth-order valence-electron chi connectivity index (χ4n) is 2.23. The van der Waals surface area contributed by atoms with Gasteiger partial charge in [-0.2, -0.15) is 0 Å². The highest BCUT2D eigenvalue weighted by atomic mass is 35.5. The summed E-state index contributed by atoms with van der Waals surface area (Å²) in [5.74, 6) is 1.55. The normalized spacial score (nSPS) is 10.4.